The number of fused-ring (bicyclic) bond motifs is 2. The van der Waals surface area contributed by atoms with Gasteiger partial charge in [0.1, 0.15) is 0 Å². The number of ether oxygens (including phenoxy) is 1. The molecule has 0 aromatic rings. The normalized spacial score (nSPS) is 32.5. The third-order valence-electron chi connectivity index (χ3n) is 4.72. The Kier molecular flexibility index (Phi) is 7.90. The van der Waals surface area contributed by atoms with Gasteiger partial charge in [-0.25, -0.2) is 0 Å². The van der Waals surface area contributed by atoms with E-state index in [9.17, 15) is 0 Å². The average Bonchev–Trinajstić information content (AvgIpc) is 3.05. The summed E-state index contributed by atoms with van der Waals surface area (Å²) in [5.41, 5.74) is 0. The Labute approximate surface area is 134 Å². The largest absolute Gasteiger partial charge is 0.374 e. The molecule has 0 aromatic carbocycles. The van der Waals surface area contributed by atoms with Crippen LogP contribution in [0.4, 0.5) is 0 Å². The molecule has 0 N–H and O–H groups in total. The first-order valence-electron chi connectivity index (χ1n) is 8.35. The van der Waals surface area contributed by atoms with Crippen molar-refractivity contribution >= 4 is 24.4 Å². The zero-order chi connectivity index (χ0) is 14.2. The second-order valence-corrected chi connectivity index (χ2v) is 7.66. The van der Waals surface area contributed by atoms with Crippen molar-refractivity contribution in [2.24, 2.45) is 11.8 Å². The van der Waals surface area contributed by atoms with Crippen LogP contribution in [0, 0.1) is 11.8 Å². The van der Waals surface area contributed by atoms with Crippen LogP contribution in [0.15, 0.2) is 12.2 Å². The molecule has 0 unspecified atom stereocenters. The second-order valence-electron chi connectivity index (χ2n) is 6.14. The molecule has 2 aliphatic rings. The quantitative estimate of drug-likeness (QED) is 0.346. The monoisotopic (exact) mass is 314 g/mol. The second kappa shape index (κ2) is 9.42. The van der Waals surface area contributed by atoms with Gasteiger partial charge in [-0.3, -0.25) is 0 Å². The summed E-state index contributed by atoms with van der Waals surface area (Å²) in [4.78, 5) is 0. The van der Waals surface area contributed by atoms with E-state index in [1.54, 1.807) is 0 Å². The lowest BCUT2D eigenvalue weighted by molar-refractivity contribution is 0.0888. The number of rotatable bonds is 10. The number of unbranched alkanes of at least 4 members (excludes halogenated alkanes) is 3. The van der Waals surface area contributed by atoms with Gasteiger partial charge in [-0.2, -0.15) is 24.4 Å². The van der Waals surface area contributed by atoms with E-state index in [2.05, 4.69) is 43.5 Å². The van der Waals surface area contributed by atoms with Gasteiger partial charge in [-0.05, 0) is 49.0 Å². The van der Waals surface area contributed by atoms with E-state index < -0.39 is 0 Å². The summed E-state index contributed by atoms with van der Waals surface area (Å²) >= 11 is 6.41. The van der Waals surface area contributed by atoms with E-state index in [1.165, 1.54) is 56.5 Å². The predicted molar refractivity (Wildman–Crippen MR) is 94.0 cm³/mol. The summed E-state index contributed by atoms with van der Waals surface area (Å²) in [5, 5.41) is 0. The molecule has 0 saturated carbocycles. The molecule has 0 aromatic heterocycles. The number of hydrogen-bond acceptors (Lipinski definition) is 3. The zero-order valence-electron chi connectivity index (χ0n) is 12.8. The molecule has 3 heteroatoms. The predicted octanol–water partition coefficient (Wildman–Crippen LogP) is 4.97. The molecule has 1 nitrogen and oxygen atoms in total. The fraction of sp³-hybridized carbons (Fsp3) is 0.882. The van der Waals surface area contributed by atoms with E-state index >= 15 is 0 Å². The molecule has 0 radical (unpaired) electrons. The highest BCUT2D eigenvalue weighted by Crippen LogP contribution is 2.46. The highest BCUT2D eigenvalue weighted by molar-refractivity contribution is 7.99. The van der Waals surface area contributed by atoms with Gasteiger partial charge in [0.05, 0.1) is 12.2 Å². The summed E-state index contributed by atoms with van der Waals surface area (Å²) in [5.74, 6) is 5.08. The topological polar surface area (TPSA) is 9.23 Å². The van der Waals surface area contributed by atoms with Gasteiger partial charge in [0, 0.05) is 5.75 Å². The van der Waals surface area contributed by atoms with Gasteiger partial charge in [-0.15, -0.1) is 0 Å². The Bertz CT molecular complexity index is 293. The SMILES string of the molecule is CCCCCCSC[C@H]1[C@@H](CC=CCS)[C@H]2CC[C@@H]1O2. The van der Waals surface area contributed by atoms with Crippen LogP contribution < -0.4 is 0 Å². The van der Waals surface area contributed by atoms with Crippen LogP contribution >= 0.6 is 24.4 Å². The summed E-state index contributed by atoms with van der Waals surface area (Å²) < 4.78 is 6.16. The van der Waals surface area contributed by atoms with Gasteiger partial charge >= 0.3 is 0 Å². The third kappa shape index (κ3) is 4.71. The van der Waals surface area contributed by atoms with Crippen molar-refractivity contribution < 1.29 is 4.74 Å². The highest BCUT2D eigenvalue weighted by Gasteiger charge is 2.47. The molecule has 0 amide bonds. The minimum absolute atomic E-state index is 0.551. The van der Waals surface area contributed by atoms with Gasteiger partial charge in [0.15, 0.2) is 0 Å². The summed E-state index contributed by atoms with van der Waals surface area (Å²) in [6, 6.07) is 0. The van der Waals surface area contributed by atoms with E-state index in [0.717, 1.165) is 17.6 Å². The summed E-state index contributed by atoms with van der Waals surface area (Å²) in [6.07, 6.45) is 15.0. The standard InChI is InChI=1S/C17H30OS2/c1-2-3-4-7-12-20-13-15-14(8-5-6-11-19)16-9-10-17(15)18-16/h5-6,14-17,19H,2-4,7-13H2,1H3/t14-,15+,16-,17+/m1/s1. The van der Waals surface area contributed by atoms with E-state index in [0.29, 0.717) is 12.2 Å². The van der Waals surface area contributed by atoms with Crippen LogP contribution in [0.1, 0.15) is 51.9 Å². The molecule has 20 heavy (non-hydrogen) atoms. The Morgan fingerprint density at radius 1 is 1.10 bits per heavy atom. The van der Waals surface area contributed by atoms with Crippen LogP contribution in [-0.4, -0.2) is 29.5 Å². The Balaban J connectivity index is 1.69. The molecule has 2 rings (SSSR count). The molecule has 2 bridgehead atoms. The molecular formula is C17H30OS2. The zero-order valence-corrected chi connectivity index (χ0v) is 14.5. The van der Waals surface area contributed by atoms with Crippen molar-refractivity contribution in [2.45, 2.75) is 64.1 Å². The molecule has 116 valence electrons. The van der Waals surface area contributed by atoms with Gasteiger partial charge in [0.2, 0.25) is 0 Å². The van der Waals surface area contributed by atoms with Crippen molar-refractivity contribution in [2.75, 3.05) is 17.3 Å². The van der Waals surface area contributed by atoms with E-state index in [-0.39, 0.29) is 0 Å². The first kappa shape index (κ1) is 16.8. The van der Waals surface area contributed by atoms with E-state index in [4.69, 9.17) is 4.74 Å². The minimum Gasteiger partial charge on any atom is -0.374 e. The highest BCUT2D eigenvalue weighted by atomic mass is 32.2. The van der Waals surface area contributed by atoms with Gasteiger partial charge < -0.3 is 4.74 Å². The average molecular weight is 315 g/mol. The van der Waals surface area contributed by atoms with Crippen molar-refractivity contribution in [3.8, 4) is 0 Å². The molecule has 2 heterocycles. The number of thioether (sulfide) groups is 1. The van der Waals surface area contributed by atoms with Crippen molar-refractivity contribution in [1.82, 2.24) is 0 Å². The Morgan fingerprint density at radius 2 is 1.90 bits per heavy atom. The number of allylic oxidation sites excluding steroid dienone is 1. The first-order chi connectivity index (χ1) is 9.86. The maximum Gasteiger partial charge on any atom is 0.0619 e. The molecule has 0 aliphatic carbocycles. The van der Waals surface area contributed by atoms with Crippen molar-refractivity contribution in [3.05, 3.63) is 12.2 Å². The van der Waals surface area contributed by atoms with Gasteiger partial charge in [-0.1, -0.05) is 38.3 Å². The lowest BCUT2D eigenvalue weighted by Crippen LogP contribution is -2.28. The molecule has 2 aliphatic heterocycles. The van der Waals surface area contributed by atoms with Crippen LogP contribution in [0.5, 0.6) is 0 Å². The maximum atomic E-state index is 6.16. The lowest BCUT2D eigenvalue weighted by atomic mass is 9.78. The van der Waals surface area contributed by atoms with Crippen molar-refractivity contribution in [1.29, 1.82) is 0 Å². The lowest BCUT2D eigenvalue weighted by Gasteiger charge is -2.27. The molecule has 0 spiro atoms. The van der Waals surface area contributed by atoms with Crippen LogP contribution in [0.25, 0.3) is 0 Å². The molecule has 2 fully saturated rings. The maximum absolute atomic E-state index is 6.16. The third-order valence-corrected chi connectivity index (χ3v) is 6.13. The molecular weight excluding hydrogens is 284 g/mol. The summed E-state index contributed by atoms with van der Waals surface area (Å²) in [6.45, 7) is 2.28. The fourth-order valence-electron chi connectivity index (χ4n) is 3.61. The molecule has 2 saturated heterocycles. The van der Waals surface area contributed by atoms with E-state index in [1.807, 2.05) is 0 Å². The van der Waals surface area contributed by atoms with Gasteiger partial charge in [0.25, 0.3) is 0 Å². The number of thiol groups is 1. The fourth-order valence-corrected chi connectivity index (χ4v) is 5.06. The first-order valence-corrected chi connectivity index (χ1v) is 10.1. The van der Waals surface area contributed by atoms with Crippen LogP contribution in [0.2, 0.25) is 0 Å². The Hall–Kier alpha value is 0.400. The smallest absolute Gasteiger partial charge is 0.0619 e. The summed E-state index contributed by atoms with van der Waals surface area (Å²) in [7, 11) is 0. The van der Waals surface area contributed by atoms with Crippen LogP contribution in [0.3, 0.4) is 0 Å². The molecule has 4 atom stereocenters. The Morgan fingerprint density at radius 3 is 2.65 bits per heavy atom. The van der Waals surface area contributed by atoms with Crippen LogP contribution in [-0.2, 0) is 4.74 Å². The van der Waals surface area contributed by atoms with Crippen molar-refractivity contribution in [3.63, 3.8) is 0 Å². The minimum atomic E-state index is 0.551. The number of hydrogen-bond donors (Lipinski definition) is 1.